The Morgan fingerprint density at radius 1 is 0.919 bits per heavy atom. The number of ether oxygens (including phenoxy) is 2. The molecule has 3 rings (SSSR count). The van der Waals surface area contributed by atoms with Gasteiger partial charge in [-0.2, -0.15) is 0 Å². The highest BCUT2D eigenvalue weighted by Crippen LogP contribution is 2.24. The van der Waals surface area contributed by atoms with E-state index >= 15 is 0 Å². The highest BCUT2D eigenvalue weighted by molar-refractivity contribution is 5.96. The molecule has 204 valence electrons. The van der Waals surface area contributed by atoms with Crippen LogP contribution in [0, 0.1) is 0 Å². The third-order valence-electron chi connectivity index (χ3n) is 6.51. The number of hydrogen-bond acceptors (Lipinski definition) is 7. The molecule has 10 heteroatoms. The van der Waals surface area contributed by atoms with Crippen LogP contribution in [0.4, 0.5) is 9.59 Å². The van der Waals surface area contributed by atoms with Crippen molar-refractivity contribution < 1.29 is 28.7 Å². The third kappa shape index (κ3) is 9.03. The first kappa shape index (κ1) is 28.4. The van der Waals surface area contributed by atoms with E-state index in [-0.39, 0.29) is 42.7 Å². The van der Waals surface area contributed by atoms with Gasteiger partial charge >= 0.3 is 18.2 Å². The zero-order valence-electron chi connectivity index (χ0n) is 22.2. The van der Waals surface area contributed by atoms with Crippen LogP contribution in [0.25, 0.3) is 0 Å². The lowest BCUT2D eigenvalue weighted by Gasteiger charge is -2.42. The molecule has 0 aliphatic carbocycles. The van der Waals surface area contributed by atoms with E-state index in [4.69, 9.17) is 9.47 Å². The van der Waals surface area contributed by atoms with E-state index in [0.717, 1.165) is 45.1 Å². The van der Waals surface area contributed by atoms with Crippen LogP contribution in [-0.2, 0) is 14.3 Å². The summed E-state index contributed by atoms with van der Waals surface area (Å²) in [6.07, 6.45) is 4.44. The number of hydrogen-bond donors (Lipinski definition) is 2. The van der Waals surface area contributed by atoms with Crippen LogP contribution in [0.5, 0.6) is 0 Å². The van der Waals surface area contributed by atoms with Crippen molar-refractivity contribution in [3.8, 4) is 0 Å². The van der Waals surface area contributed by atoms with Crippen LogP contribution in [0.2, 0.25) is 0 Å². The average molecular weight is 517 g/mol. The molecule has 0 saturated carbocycles. The number of esters is 1. The van der Waals surface area contributed by atoms with Crippen LogP contribution in [0.15, 0.2) is 30.3 Å². The summed E-state index contributed by atoms with van der Waals surface area (Å²) < 4.78 is 10.4. The fraction of sp³-hybridized carbons (Fsp3) is 0.630. The fourth-order valence-corrected chi connectivity index (χ4v) is 4.75. The normalized spacial score (nSPS) is 20.6. The van der Waals surface area contributed by atoms with Gasteiger partial charge in [-0.1, -0.05) is 24.6 Å². The van der Waals surface area contributed by atoms with Gasteiger partial charge in [-0.05, 0) is 71.6 Å². The summed E-state index contributed by atoms with van der Waals surface area (Å²) in [5.74, 6) is -0.835. The molecule has 3 amide bonds. The lowest BCUT2D eigenvalue weighted by atomic mass is 9.97. The van der Waals surface area contributed by atoms with E-state index in [1.807, 2.05) is 25.7 Å². The predicted octanol–water partition coefficient (Wildman–Crippen LogP) is 3.31. The zero-order chi connectivity index (χ0) is 26.8. The van der Waals surface area contributed by atoms with E-state index in [1.54, 1.807) is 30.3 Å². The van der Waals surface area contributed by atoms with Crippen molar-refractivity contribution in [2.45, 2.75) is 77.0 Å². The van der Waals surface area contributed by atoms with Crippen molar-refractivity contribution in [1.29, 1.82) is 0 Å². The molecule has 2 fully saturated rings. The number of nitrogens with zero attached hydrogens (tertiary/aromatic N) is 2. The monoisotopic (exact) mass is 516 g/mol. The molecule has 10 nitrogen and oxygen atoms in total. The van der Waals surface area contributed by atoms with Crippen LogP contribution >= 0.6 is 0 Å². The Labute approximate surface area is 219 Å². The van der Waals surface area contributed by atoms with E-state index in [2.05, 4.69) is 15.5 Å². The van der Waals surface area contributed by atoms with Gasteiger partial charge in [0, 0.05) is 32.2 Å². The van der Waals surface area contributed by atoms with Crippen molar-refractivity contribution in [2.75, 3.05) is 32.7 Å². The molecule has 0 aromatic heterocycles. The Balaban J connectivity index is 1.46. The number of carbonyl (C=O) groups is 4. The SMILES string of the molecule is CC(C)(C)OC(=O)N1CCCC[C@@H]1CN1CCCC[C@H]1C(=O)NCCNC(=O)OC(=O)c1ccccc1. The maximum atomic E-state index is 13.0. The number of benzene rings is 1. The molecule has 0 radical (unpaired) electrons. The number of nitrogens with one attached hydrogen (secondary N) is 2. The van der Waals surface area contributed by atoms with E-state index in [1.165, 1.54) is 0 Å². The first-order chi connectivity index (χ1) is 17.6. The molecule has 2 saturated heterocycles. The van der Waals surface area contributed by atoms with Gasteiger partial charge in [0.25, 0.3) is 0 Å². The molecule has 0 bridgehead atoms. The topological polar surface area (TPSA) is 117 Å². The number of alkyl carbamates (subject to hydrolysis) is 1. The second-order valence-electron chi connectivity index (χ2n) is 10.6. The van der Waals surface area contributed by atoms with Crippen molar-refractivity contribution in [2.24, 2.45) is 0 Å². The molecular weight excluding hydrogens is 476 g/mol. The summed E-state index contributed by atoms with van der Waals surface area (Å²) >= 11 is 0. The molecule has 0 spiro atoms. The fourth-order valence-electron chi connectivity index (χ4n) is 4.75. The van der Waals surface area contributed by atoms with Crippen LogP contribution in [-0.4, -0.2) is 84.3 Å². The minimum absolute atomic E-state index is 0.00980. The summed E-state index contributed by atoms with van der Waals surface area (Å²) in [7, 11) is 0. The summed E-state index contributed by atoms with van der Waals surface area (Å²) in [6.45, 7) is 8.03. The predicted molar refractivity (Wildman–Crippen MR) is 138 cm³/mol. The maximum Gasteiger partial charge on any atom is 0.415 e. The third-order valence-corrected chi connectivity index (χ3v) is 6.51. The van der Waals surface area contributed by atoms with E-state index in [9.17, 15) is 19.2 Å². The van der Waals surface area contributed by atoms with Gasteiger partial charge in [0.2, 0.25) is 5.91 Å². The summed E-state index contributed by atoms with van der Waals surface area (Å²) in [5.41, 5.74) is -0.270. The van der Waals surface area contributed by atoms with Crippen molar-refractivity contribution in [3.63, 3.8) is 0 Å². The molecule has 2 aliphatic heterocycles. The van der Waals surface area contributed by atoms with E-state index in [0.29, 0.717) is 13.1 Å². The molecule has 2 heterocycles. The summed E-state index contributed by atoms with van der Waals surface area (Å²) in [4.78, 5) is 53.6. The van der Waals surface area contributed by atoms with Crippen molar-refractivity contribution >= 4 is 24.1 Å². The molecular formula is C27H40N4O6. The van der Waals surface area contributed by atoms with Gasteiger partial charge in [-0.3, -0.25) is 9.69 Å². The number of piperidine rings is 2. The van der Waals surface area contributed by atoms with Crippen LogP contribution in [0.1, 0.15) is 69.7 Å². The highest BCUT2D eigenvalue weighted by atomic mass is 16.6. The molecule has 2 N–H and O–H groups in total. The largest absolute Gasteiger partial charge is 0.444 e. The standard InChI is InChI=1S/C27H40N4O6/c1-27(2,3)37-26(35)31-18-10-7-13-21(31)19-30-17-9-8-14-22(30)23(32)28-15-16-29-25(34)36-24(33)20-11-5-4-6-12-20/h4-6,11-12,21-22H,7-10,13-19H2,1-3H3,(H,28,32)(H,29,34)/t21-,22+/m1/s1. The highest BCUT2D eigenvalue weighted by Gasteiger charge is 2.35. The van der Waals surface area contributed by atoms with Crippen LogP contribution < -0.4 is 10.6 Å². The Morgan fingerprint density at radius 3 is 2.32 bits per heavy atom. The average Bonchev–Trinajstić information content (AvgIpc) is 2.86. The minimum atomic E-state index is -0.859. The summed E-state index contributed by atoms with van der Waals surface area (Å²) in [5, 5.41) is 5.37. The lowest BCUT2D eigenvalue weighted by Crippen LogP contribution is -2.56. The zero-order valence-corrected chi connectivity index (χ0v) is 22.2. The second kappa shape index (κ2) is 13.4. The number of rotatable bonds is 7. The van der Waals surface area contributed by atoms with Crippen molar-refractivity contribution in [3.05, 3.63) is 35.9 Å². The van der Waals surface area contributed by atoms with Gasteiger partial charge in [0.05, 0.1) is 11.6 Å². The lowest BCUT2D eigenvalue weighted by molar-refractivity contribution is -0.128. The Kier molecular flexibility index (Phi) is 10.3. The molecule has 2 atom stereocenters. The smallest absolute Gasteiger partial charge is 0.415 e. The Hall–Kier alpha value is -3.14. The second-order valence-corrected chi connectivity index (χ2v) is 10.6. The molecule has 1 aromatic carbocycles. The molecule has 2 aliphatic rings. The molecule has 1 aromatic rings. The quantitative estimate of drug-likeness (QED) is 0.324. The number of amides is 3. The molecule has 37 heavy (non-hydrogen) atoms. The maximum absolute atomic E-state index is 13.0. The van der Waals surface area contributed by atoms with Gasteiger partial charge in [0.15, 0.2) is 0 Å². The minimum Gasteiger partial charge on any atom is -0.444 e. The Morgan fingerprint density at radius 2 is 1.59 bits per heavy atom. The first-order valence-corrected chi connectivity index (χ1v) is 13.2. The first-order valence-electron chi connectivity index (χ1n) is 13.2. The van der Waals surface area contributed by atoms with Gasteiger partial charge in [-0.25, -0.2) is 14.4 Å². The molecule has 0 unspecified atom stereocenters. The van der Waals surface area contributed by atoms with E-state index < -0.39 is 17.7 Å². The number of carbonyl (C=O) groups excluding carboxylic acids is 4. The number of likely N-dealkylation sites (tertiary alicyclic amines) is 2. The van der Waals surface area contributed by atoms with Gasteiger partial charge < -0.3 is 25.0 Å². The summed E-state index contributed by atoms with van der Waals surface area (Å²) in [6, 6.07) is 7.97. The van der Waals surface area contributed by atoms with Gasteiger partial charge in [-0.15, -0.1) is 0 Å². The Bertz CT molecular complexity index is 933. The van der Waals surface area contributed by atoms with Crippen molar-refractivity contribution in [1.82, 2.24) is 20.4 Å². The van der Waals surface area contributed by atoms with Gasteiger partial charge in [0.1, 0.15) is 5.60 Å². The van der Waals surface area contributed by atoms with Crippen LogP contribution in [0.3, 0.4) is 0 Å².